The molecule has 0 bridgehead atoms. The van der Waals surface area contributed by atoms with Gasteiger partial charge in [0.1, 0.15) is 0 Å². The van der Waals surface area contributed by atoms with Crippen molar-refractivity contribution in [2.75, 3.05) is 9.80 Å². The number of para-hydroxylation sites is 4. The van der Waals surface area contributed by atoms with Gasteiger partial charge in [0.25, 0.3) is 0 Å². The maximum absolute atomic E-state index is 2.51. The fourth-order valence-corrected chi connectivity index (χ4v) is 13.6. The second-order valence-corrected chi connectivity index (χ2v) is 20.6. The van der Waals surface area contributed by atoms with E-state index >= 15 is 0 Å². The Morgan fingerprint density at radius 1 is 0.311 bits per heavy atom. The summed E-state index contributed by atoms with van der Waals surface area (Å²) in [5.74, 6) is 0. The van der Waals surface area contributed by atoms with Gasteiger partial charge in [-0.25, -0.2) is 0 Å². The van der Waals surface area contributed by atoms with E-state index in [1.807, 2.05) is 11.3 Å². The van der Waals surface area contributed by atoms with Crippen LogP contribution < -0.4 is 9.80 Å². The van der Waals surface area contributed by atoms with Gasteiger partial charge in [0, 0.05) is 42.8 Å². The van der Waals surface area contributed by atoms with Crippen LogP contribution in [0.3, 0.4) is 0 Å². The lowest BCUT2D eigenvalue weighted by atomic mass is 9.64. The molecule has 0 N–H and O–H groups in total. The highest BCUT2D eigenvalue weighted by Gasteiger charge is 2.52. The lowest BCUT2D eigenvalue weighted by molar-refractivity contribution is 0.752. The number of hydrogen-bond donors (Lipinski definition) is 0. The summed E-state index contributed by atoms with van der Waals surface area (Å²) in [5.41, 5.74) is 20.9. The molecule has 1 aromatic heterocycles. The number of nitrogens with zero attached hydrogens (tertiary/aromatic N) is 2. The van der Waals surface area contributed by atoms with Crippen molar-refractivity contribution in [1.82, 2.24) is 0 Å². The molecule has 0 saturated heterocycles. The Bertz CT molecular complexity index is 4290. The third kappa shape index (κ3) is 6.37. The van der Waals surface area contributed by atoms with Gasteiger partial charge in [-0.3, -0.25) is 0 Å². The van der Waals surface area contributed by atoms with E-state index in [2.05, 4.69) is 289 Å². The number of benzene rings is 12. The van der Waals surface area contributed by atoms with Crippen molar-refractivity contribution in [2.24, 2.45) is 0 Å². The number of fused-ring (bicyclic) bond motifs is 13. The highest BCUT2D eigenvalue weighted by molar-refractivity contribution is 7.25. The maximum atomic E-state index is 2.51. The first kappa shape index (κ1) is 42.4. The number of anilines is 6. The van der Waals surface area contributed by atoms with Crippen molar-refractivity contribution < 1.29 is 0 Å². The minimum atomic E-state index is -0.610. The van der Waals surface area contributed by atoms with Crippen LogP contribution in [0.4, 0.5) is 34.1 Å². The van der Waals surface area contributed by atoms with E-state index in [0.29, 0.717) is 0 Å². The molecule has 0 radical (unpaired) electrons. The number of hydrogen-bond acceptors (Lipinski definition) is 3. The SMILES string of the molecule is c1ccc(N2c3ccccc3C3(c4ccccc4-c4ccc(N(c5ccc(-c6ccc7sc8ccccc8c7c6)cc5)c5ccccc5-c5ccccc5-c5cccc6ccccc56)cc43)c3ccccc32)cc1. The summed E-state index contributed by atoms with van der Waals surface area (Å²) in [6.07, 6.45) is 0. The Hall–Kier alpha value is -9.28. The quantitative estimate of drug-likeness (QED) is 0.157. The highest BCUT2D eigenvalue weighted by atomic mass is 32.1. The third-order valence-electron chi connectivity index (χ3n) is 15.7. The first-order valence-electron chi connectivity index (χ1n) is 25.5. The highest BCUT2D eigenvalue weighted by Crippen LogP contribution is 2.64. The van der Waals surface area contributed by atoms with Gasteiger partial charge >= 0.3 is 0 Å². The van der Waals surface area contributed by atoms with Gasteiger partial charge in [-0.2, -0.15) is 0 Å². The van der Waals surface area contributed by atoms with Crippen LogP contribution in [-0.4, -0.2) is 0 Å². The first-order valence-corrected chi connectivity index (χ1v) is 26.3. The van der Waals surface area contributed by atoms with Crippen molar-refractivity contribution in [1.29, 1.82) is 0 Å². The largest absolute Gasteiger partial charge is 0.310 e. The van der Waals surface area contributed by atoms with Crippen LogP contribution in [0.2, 0.25) is 0 Å². The van der Waals surface area contributed by atoms with Crippen LogP contribution in [0, 0.1) is 0 Å². The summed E-state index contributed by atoms with van der Waals surface area (Å²) in [7, 11) is 0. The van der Waals surface area contributed by atoms with Gasteiger partial charge in [-0.05, 0) is 145 Å². The molecule has 0 fully saturated rings. The second kappa shape index (κ2) is 16.9. The summed E-state index contributed by atoms with van der Waals surface area (Å²) in [5, 5.41) is 5.08. The average Bonchev–Trinajstić information content (AvgIpc) is 4.00. The van der Waals surface area contributed by atoms with Gasteiger partial charge < -0.3 is 9.80 Å². The Labute approximate surface area is 435 Å². The van der Waals surface area contributed by atoms with E-state index in [4.69, 9.17) is 0 Å². The predicted molar refractivity (Wildman–Crippen MR) is 313 cm³/mol. The molecule has 2 heterocycles. The lowest BCUT2D eigenvalue weighted by Gasteiger charge is -2.45. The van der Waals surface area contributed by atoms with Crippen LogP contribution in [-0.2, 0) is 5.41 Å². The van der Waals surface area contributed by atoms with E-state index < -0.39 is 5.41 Å². The number of rotatable bonds is 7. The van der Waals surface area contributed by atoms with Gasteiger partial charge in [0.15, 0.2) is 0 Å². The smallest absolute Gasteiger partial charge is 0.0755 e. The summed E-state index contributed by atoms with van der Waals surface area (Å²) in [6.45, 7) is 0. The molecular weight excluding hydrogens is 913 g/mol. The zero-order valence-electron chi connectivity index (χ0n) is 40.4. The molecular formula is C71H46N2S. The van der Waals surface area contributed by atoms with Crippen molar-refractivity contribution in [3.8, 4) is 44.5 Å². The summed E-state index contributed by atoms with van der Waals surface area (Å²) < 4.78 is 2.63. The molecule has 2 nitrogen and oxygen atoms in total. The first-order chi connectivity index (χ1) is 36.7. The minimum Gasteiger partial charge on any atom is -0.310 e. The van der Waals surface area contributed by atoms with E-state index in [-0.39, 0.29) is 0 Å². The Balaban J connectivity index is 0.964. The average molecular weight is 959 g/mol. The molecule has 2 aliphatic rings. The Kier molecular flexibility index (Phi) is 9.70. The number of thiophene rings is 1. The van der Waals surface area contributed by atoms with Gasteiger partial charge in [0.2, 0.25) is 0 Å². The second-order valence-electron chi connectivity index (χ2n) is 19.5. The molecule has 0 unspecified atom stereocenters. The van der Waals surface area contributed by atoms with Crippen LogP contribution in [0.5, 0.6) is 0 Å². The molecule has 13 aromatic rings. The normalized spacial score (nSPS) is 12.9. The van der Waals surface area contributed by atoms with E-state index in [1.165, 1.54) is 104 Å². The fourth-order valence-electron chi connectivity index (χ4n) is 12.5. The molecule has 12 aromatic carbocycles. The van der Waals surface area contributed by atoms with E-state index in [9.17, 15) is 0 Å². The van der Waals surface area contributed by atoms with Crippen molar-refractivity contribution in [3.63, 3.8) is 0 Å². The molecule has 74 heavy (non-hydrogen) atoms. The van der Waals surface area contributed by atoms with Gasteiger partial charge in [0.05, 0.1) is 22.5 Å². The Morgan fingerprint density at radius 2 is 0.851 bits per heavy atom. The molecule has 15 rings (SSSR count). The molecule has 3 heteroatoms. The summed E-state index contributed by atoms with van der Waals surface area (Å²) in [6, 6.07) is 104. The van der Waals surface area contributed by atoms with E-state index in [0.717, 1.165) is 28.3 Å². The van der Waals surface area contributed by atoms with Crippen molar-refractivity contribution in [3.05, 3.63) is 301 Å². The predicted octanol–water partition coefficient (Wildman–Crippen LogP) is 19.8. The molecule has 0 amide bonds. The van der Waals surface area contributed by atoms with Gasteiger partial charge in [-0.1, -0.05) is 206 Å². The Morgan fingerprint density at radius 3 is 1.64 bits per heavy atom. The summed E-state index contributed by atoms with van der Waals surface area (Å²) >= 11 is 1.86. The molecule has 346 valence electrons. The molecule has 0 atom stereocenters. The van der Waals surface area contributed by atoms with Crippen molar-refractivity contribution in [2.45, 2.75) is 5.41 Å². The fraction of sp³-hybridized carbons (Fsp3) is 0.0141. The van der Waals surface area contributed by atoms with E-state index in [1.54, 1.807) is 0 Å². The molecule has 1 aliphatic carbocycles. The molecule has 1 aliphatic heterocycles. The van der Waals surface area contributed by atoms with Gasteiger partial charge in [-0.15, -0.1) is 11.3 Å². The lowest BCUT2D eigenvalue weighted by Crippen LogP contribution is -2.36. The topological polar surface area (TPSA) is 6.48 Å². The molecule has 0 saturated carbocycles. The standard InChI is InChI=1S/C71H46N2S/c1-2-21-50(22-3-1)73-67-34-15-12-31-63(67)71(64-32-13-16-35-68(64)73)62-30-11-8-26-57(62)58-43-42-52(46-65(58)71)72(51-40-37-47(38-41-51)49-39-44-70-61(45-49)60-28-10-17-36-69(60)74-70)66-33-14-9-27-59(66)56-25-7-6-24-55(56)54-29-18-20-48-19-4-5-23-53(48)54/h1-46H. The van der Waals surface area contributed by atoms with Crippen LogP contribution in [0.25, 0.3) is 75.5 Å². The minimum absolute atomic E-state index is 0.610. The monoisotopic (exact) mass is 958 g/mol. The third-order valence-corrected chi connectivity index (χ3v) is 16.8. The molecule has 1 spiro atoms. The maximum Gasteiger partial charge on any atom is 0.0755 e. The zero-order valence-corrected chi connectivity index (χ0v) is 41.2. The zero-order chi connectivity index (χ0) is 48.7. The van der Waals surface area contributed by atoms with Crippen LogP contribution in [0.15, 0.2) is 279 Å². The van der Waals surface area contributed by atoms with Crippen molar-refractivity contribution >= 4 is 76.4 Å². The summed E-state index contributed by atoms with van der Waals surface area (Å²) in [4.78, 5) is 4.96. The van der Waals surface area contributed by atoms with Crippen LogP contribution in [0.1, 0.15) is 22.3 Å². The van der Waals surface area contributed by atoms with Crippen LogP contribution >= 0.6 is 11.3 Å².